The first-order valence-electron chi connectivity index (χ1n) is 10.9. The van der Waals surface area contributed by atoms with Gasteiger partial charge in [0.2, 0.25) is 0 Å². The number of hydrogen-bond donors (Lipinski definition) is 2. The van der Waals surface area contributed by atoms with Crippen molar-refractivity contribution in [3.8, 4) is 0 Å². The quantitative estimate of drug-likeness (QED) is 0.760. The average Bonchev–Trinajstić information content (AvgIpc) is 3.30. The highest BCUT2D eigenvalue weighted by atomic mass is 16.4. The summed E-state index contributed by atoms with van der Waals surface area (Å²) in [5.41, 5.74) is 2.65. The SMILES string of the molecule is C[C@H](C(=O)O)C1CC2CCCCC2C1.C[C@H](C(=O)O)C1Cc2ccccc2C1. The summed E-state index contributed by atoms with van der Waals surface area (Å²) in [5.74, 6) is 0.816. The molecule has 4 nitrogen and oxygen atoms in total. The van der Waals surface area contributed by atoms with Crippen LogP contribution in [0.25, 0.3) is 0 Å². The molecule has 2 saturated carbocycles. The lowest BCUT2D eigenvalue weighted by molar-refractivity contribution is -0.143. The normalized spacial score (nSPS) is 28.4. The topological polar surface area (TPSA) is 74.6 Å². The van der Waals surface area contributed by atoms with Gasteiger partial charge in [-0.3, -0.25) is 9.59 Å². The number of fused-ring (bicyclic) bond motifs is 2. The number of carboxylic acid groups (broad SMARTS) is 2. The maximum atomic E-state index is 10.9. The fourth-order valence-corrected chi connectivity index (χ4v) is 5.54. The van der Waals surface area contributed by atoms with Crippen LogP contribution >= 0.6 is 0 Å². The van der Waals surface area contributed by atoms with Crippen molar-refractivity contribution in [1.82, 2.24) is 0 Å². The summed E-state index contributed by atoms with van der Waals surface area (Å²) in [7, 11) is 0. The maximum absolute atomic E-state index is 10.9. The zero-order chi connectivity index (χ0) is 20.3. The van der Waals surface area contributed by atoms with Gasteiger partial charge in [0, 0.05) is 0 Å². The van der Waals surface area contributed by atoms with E-state index in [1.165, 1.54) is 49.7 Å². The fourth-order valence-electron chi connectivity index (χ4n) is 5.54. The van der Waals surface area contributed by atoms with E-state index in [9.17, 15) is 9.59 Å². The van der Waals surface area contributed by atoms with E-state index < -0.39 is 11.9 Å². The van der Waals surface area contributed by atoms with Crippen molar-refractivity contribution < 1.29 is 19.8 Å². The molecule has 3 aliphatic rings. The number of hydrogen-bond acceptors (Lipinski definition) is 2. The van der Waals surface area contributed by atoms with Crippen molar-refractivity contribution in [1.29, 1.82) is 0 Å². The molecule has 0 spiro atoms. The van der Waals surface area contributed by atoms with Crippen molar-refractivity contribution in [2.24, 2.45) is 35.5 Å². The third kappa shape index (κ3) is 4.76. The molecule has 0 aromatic heterocycles. The van der Waals surface area contributed by atoms with Crippen LogP contribution in [0.5, 0.6) is 0 Å². The molecule has 0 bridgehead atoms. The molecule has 0 heterocycles. The molecule has 3 aliphatic carbocycles. The second kappa shape index (κ2) is 9.11. The van der Waals surface area contributed by atoms with Gasteiger partial charge in [-0.2, -0.15) is 0 Å². The molecule has 0 aliphatic heterocycles. The second-order valence-corrected chi connectivity index (χ2v) is 9.23. The van der Waals surface area contributed by atoms with Gasteiger partial charge in [-0.05, 0) is 60.5 Å². The lowest BCUT2D eigenvalue weighted by Gasteiger charge is -2.24. The molecule has 1 aromatic rings. The van der Waals surface area contributed by atoms with Crippen molar-refractivity contribution in [2.45, 2.75) is 65.2 Å². The van der Waals surface area contributed by atoms with E-state index in [1.54, 1.807) is 6.92 Å². The molecule has 2 unspecified atom stereocenters. The molecule has 0 saturated heterocycles. The van der Waals surface area contributed by atoms with E-state index in [1.807, 2.05) is 19.1 Å². The van der Waals surface area contributed by atoms with Crippen LogP contribution in [0.3, 0.4) is 0 Å². The number of aliphatic carboxylic acids is 2. The van der Waals surface area contributed by atoms with Gasteiger partial charge in [0.1, 0.15) is 0 Å². The Labute approximate surface area is 168 Å². The van der Waals surface area contributed by atoms with E-state index in [2.05, 4.69) is 12.1 Å². The Hall–Kier alpha value is -1.84. The first kappa shape index (κ1) is 20.9. The minimum Gasteiger partial charge on any atom is -0.481 e. The molecular formula is C24H34O4. The average molecular weight is 387 g/mol. The third-order valence-corrected chi connectivity index (χ3v) is 7.55. The van der Waals surface area contributed by atoms with Gasteiger partial charge in [-0.15, -0.1) is 0 Å². The summed E-state index contributed by atoms with van der Waals surface area (Å²) in [6, 6.07) is 8.24. The maximum Gasteiger partial charge on any atom is 0.306 e. The van der Waals surface area contributed by atoms with Gasteiger partial charge in [0.05, 0.1) is 11.8 Å². The van der Waals surface area contributed by atoms with E-state index in [4.69, 9.17) is 10.2 Å². The van der Waals surface area contributed by atoms with E-state index in [0.29, 0.717) is 5.92 Å². The Bertz CT molecular complexity index is 659. The molecule has 2 N–H and O–H groups in total. The summed E-state index contributed by atoms with van der Waals surface area (Å²) in [6.07, 6.45) is 9.65. The smallest absolute Gasteiger partial charge is 0.306 e. The Morgan fingerprint density at radius 2 is 1.25 bits per heavy atom. The molecule has 1 aromatic carbocycles. The Morgan fingerprint density at radius 3 is 1.68 bits per heavy atom. The number of carboxylic acids is 2. The monoisotopic (exact) mass is 386 g/mol. The largest absolute Gasteiger partial charge is 0.481 e. The third-order valence-electron chi connectivity index (χ3n) is 7.55. The molecule has 0 amide bonds. The predicted molar refractivity (Wildman–Crippen MR) is 109 cm³/mol. The molecule has 154 valence electrons. The van der Waals surface area contributed by atoms with Gasteiger partial charge in [0.25, 0.3) is 0 Å². The predicted octanol–water partition coefficient (Wildman–Crippen LogP) is 5.05. The highest BCUT2D eigenvalue weighted by Gasteiger charge is 2.39. The van der Waals surface area contributed by atoms with Crippen LogP contribution in [0.15, 0.2) is 24.3 Å². The van der Waals surface area contributed by atoms with Crippen molar-refractivity contribution in [3.05, 3.63) is 35.4 Å². The van der Waals surface area contributed by atoms with Crippen LogP contribution < -0.4 is 0 Å². The van der Waals surface area contributed by atoms with E-state index >= 15 is 0 Å². The van der Waals surface area contributed by atoms with E-state index in [-0.39, 0.29) is 17.8 Å². The number of rotatable bonds is 4. The summed E-state index contributed by atoms with van der Waals surface area (Å²) in [6.45, 7) is 3.68. The van der Waals surface area contributed by atoms with Crippen LogP contribution in [0.2, 0.25) is 0 Å². The van der Waals surface area contributed by atoms with Crippen molar-refractivity contribution in [2.75, 3.05) is 0 Å². The summed E-state index contributed by atoms with van der Waals surface area (Å²) >= 11 is 0. The van der Waals surface area contributed by atoms with Crippen molar-refractivity contribution >= 4 is 11.9 Å². The highest BCUT2D eigenvalue weighted by Crippen LogP contribution is 2.47. The lowest BCUT2D eigenvalue weighted by atomic mass is 9.82. The van der Waals surface area contributed by atoms with Crippen LogP contribution in [-0.4, -0.2) is 22.2 Å². The minimum atomic E-state index is -0.678. The van der Waals surface area contributed by atoms with Gasteiger partial charge < -0.3 is 10.2 Å². The molecule has 2 fully saturated rings. The molecule has 0 radical (unpaired) electrons. The van der Waals surface area contributed by atoms with Crippen LogP contribution in [0.1, 0.15) is 63.5 Å². The number of carbonyl (C=O) groups is 2. The standard InChI is InChI=1S/C12H20O2.C12H14O2/c2*1-8(12(13)14)11-6-9-4-2-3-5-10(9)7-11/h8-11H,2-7H2,1H3,(H,13,14);2-5,8,11H,6-7H2,1H3,(H,13,14)/t8-,9?,10?,11?;8-/m00/s1. The summed E-state index contributed by atoms with van der Waals surface area (Å²) in [5, 5.41) is 17.9. The Balaban J connectivity index is 0.000000161. The molecule has 4 rings (SSSR count). The van der Waals surface area contributed by atoms with Crippen LogP contribution in [0.4, 0.5) is 0 Å². The van der Waals surface area contributed by atoms with E-state index in [0.717, 1.165) is 24.7 Å². The van der Waals surface area contributed by atoms with Crippen LogP contribution in [0, 0.1) is 35.5 Å². The van der Waals surface area contributed by atoms with Gasteiger partial charge in [-0.25, -0.2) is 0 Å². The van der Waals surface area contributed by atoms with Gasteiger partial charge in [0.15, 0.2) is 0 Å². The van der Waals surface area contributed by atoms with Gasteiger partial charge >= 0.3 is 11.9 Å². The summed E-state index contributed by atoms with van der Waals surface area (Å²) in [4.78, 5) is 21.7. The molecule has 4 heteroatoms. The first-order valence-corrected chi connectivity index (χ1v) is 10.9. The van der Waals surface area contributed by atoms with Gasteiger partial charge in [-0.1, -0.05) is 63.8 Å². The molecule has 28 heavy (non-hydrogen) atoms. The fraction of sp³-hybridized carbons (Fsp3) is 0.667. The minimum absolute atomic E-state index is 0.124. The summed E-state index contributed by atoms with van der Waals surface area (Å²) < 4.78 is 0. The Kier molecular flexibility index (Phi) is 6.79. The Morgan fingerprint density at radius 1 is 0.821 bits per heavy atom. The van der Waals surface area contributed by atoms with Crippen LogP contribution in [-0.2, 0) is 22.4 Å². The zero-order valence-corrected chi connectivity index (χ0v) is 17.1. The molecular weight excluding hydrogens is 352 g/mol. The highest BCUT2D eigenvalue weighted by molar-refractivity contribution is 5.70. The molecule has 4 atom stereocenters. The lowest BCUT2D eigenvalue weighted by Crippen LogP contribution is -2.20. The second-order valence-electron chi connectivity index (χ2n) is 9.23. The zero-order valence-electron chi connectivity index (χ0n) is 17.1. The first-order chi connectivity index (χ1) is 13.4. The van der Waals surface area contributed by atoms with Crippen molar-refractivity contribution in [3.63, 3.8) is 0 Å². The number of benzene rings is 1.